The van der Waals surface area contributed by atoms with Gasteiger partial charge in [0, 0.05) is 39.2 Å². The third kappa shape index (κ3) is 3.83. The second-order valence-corrected chi connectivity index (χ2v) is 9.31. The summed E-state index contributed by atoms with van der Waals surface area (Å²) in [6.07, 6.45) is 7.08. The number of fused-ring (bicyclic) bond motifs is 5. The van der Waals surface area contributed by atoms with Crippen molar-refractivity contribution in [3.05, 3.63) is 48.0 Å². The molecule has 3 fully saturated rings. The van der Waals surface area contributed by atoms with Crippen molar-refractivity contribution in [3.63, 3.8) is 0 Å². The van der Waals surface area contributed by atoms with Crippen molar-refractivity contribution in [1.82, 2.24) is 15.5 Å². The number of ether oxygens (including phenoxy) is 1. The molecule has 7 heteroatoms. The molecule has 32 heavy (non-hydrogen) atoms. The Morgan fingerprint density at radius 1 is 1.09 bits per heavy atom. The molecule has 2 N–H and O–H groups in total. The van der Waals surface area contributed by atoms with E-state index in [-0.39, 0.29) is 41.6 Å². The second kappa shape index (κ2) is 9.06. The van der Waals surface area contributed by atoms with E-state index in [2.05, 4.69) is 39.9 Å². The molecule has 5 rings (SSSR count). The SMILES string of the molecule is CN=C(NCCCN1C(=O)C2C3C=CC(C3)C2C1=O)NCC1CCOC1c1ccccc1. The zero-order chi connectivity index (χ0) is 22.1. The highest BCUT2D eigenvalue weighted by molar-refractivity contribution is 6.06. The number of carbonyl (C=O) groups is 2. The normalized spacial score (nSPS) is 33.3. The lowest BCUT2D eigenvalue weighted by Crippen LogP contribution is -2.42. The minimum absolute atomic E-state index is 0.0348. The number of nitrogens with one attached hydrogen (secondary N) is 2. The number of imide groups is 1. The maximum Gasteiger partial charge on any atom is 0.233 e. The van der Waals surface area contributed by atoms with E-state index in [0.29, 0.717) is 25.4 Å². The van der Waals surface area contributed by atoms with E-state index in [1.165, 1.54) is 10.5 Å². The Hall–Kier alpha value is -2.67. The topological polar surface area (TPSA) is 83.0 Å². The van der Waals surface area contributed by atoms with Gasteiger partial charge >= 0.3 is 0 Å². The molecule has 1 aromatic carbocycles. The summed E-state index contributed by atoms with van der Waals surface area (Å²) in [5.41, 5.74) is 1.22. The zero-order valence-electron chi connectivity index (χ0n) is 18.6. The highest BCUT2D eigenvalue weighted by Gasteiger charge is 2.58. The number of hydrogen-bond donors (Lipinski definition) is 2. The summed E-state index contributed by atoms with van der Waals surface area (Å²) in [6.45, 7) is 2.68. The number of rotatable bonds is 7. The van der Waals surface area contributed by atoms with Gasteiger partial charge in [-0.05, 0) is 36.7 Å². The predicted molar refractivity (Wildman–Crippen MR) is 122 cm³/mol. The molecule has 1 aromatic rings. The molecule has 6 unspecified atom stereocenters. The number of carbonyl (C=O) groups excluding carboxylic acids is 2. The van der Waals surface area contributed by atoms with Gasteiger partial charge in [0.05, 0.1) is 17.9 Å². The maximum absolute atomic E-state index is 12.8. The van der Waals surface area contributed by atoms with E-state index in [9.17, 15) is 9.59 Å². The Labute approximate surface area is 189 Å². The first-order chi connectivity index (χ1) is 15.7. The molecular weight excluding hydrogens is 404 g/mol. The molecule has 1 saturated carbocycles. The fourth-order valence-corrected chi connectivity index (χ4v) is 5.93. The summed E-state index contributed by atoms with van der Waals surface area (Å²) >= 11 is 0. The van der Waals surface area contributed by atoms with Crippen molar-refractivity contribution in [2.45, 2.75) is 25.4 Å². The summed E-state index contributed by atoms with van der Waals surface area (Å²) in [6, 6.07) is 10.4. The van der Waals surface area contributed by atoms with Gasteiger partial charge in [0.1, 0.15) is 0 Å². The number of nitrogens with zero attached hydrogens (tertiary/aromatic N) is 2. The molecule has 4 aliphatic rings. The zero-order valence-corrected chi connectivity index (χ0v) is 18.6. The van der Waals surface area contributed by atoms with Gasteiger partial charge in [-0.1, -0.05) is 42.5 Å². The van der Waals surface area contributed by atoms with Crippen LogP contribution in [0.5, 0.6) is 0 Å². The molecule has 2 bridgehead atoms. The number of guanidine groups is 1. The molecule has 7 nitrogen and oxygen atoms in total. The van der Waals surface area contributed by atoms with Crippen molar-refractivity contribution in [1.29, 1.82) is 0 Å². The van der Waals surface area contributed by atoms with Crippen LogP contribution in [0.25, 0.3) is 0 Å². The van der Waals surface area contributed by atoms with E-state index in [4.69, 9.17) is 4.74 Å². The fourth-order valence-electron chi connectivity index (χ4n) is 5.93. The standard InChI is InChI=1S/C25H32N4O3/c1-26-25(28-15-19-10-13-32-22(19)16-6-3-2-4-7-16)27-11-5-12-29-23(30)20-17-8-9-18(14-17)21(20)24(29)31/h2-4,6-9,17-22H,5,10-15H2,1H3,(H2,26,27,28). The Balaban J connectivity index is 1.06. The Morgan fingerprint density at radius 3 is 2.50 bits per heavy atom. The average molecular weight is 437 g/mol. The number of amides is 2. The molecule has 2 aliphatic heterocycles. The average Bonchev–Trinajstić information content (AvgIpc) is 3.60. The van der Waals surface area contributed by atoms with Gasteiger partial charge in [0.2, 0.25) is 11.8 Å². The van der Waals surface area contributed by atoms with Crippen molar-refractivity contribution in [2.24, 2.45) is 34.6 Å². The second-order valence-electron chi connectivity index (χ2n) is 9.31. The van der Waals surface area contributed by atoms with Crippen LogP contribution in [0.15, 0.2) is 47.5 Å². The summed E-state index contributed by atoms with van der Waals surface area (Å²) in [4.78, 5) is 31.4. The van der Waals surface area contributed by atoms with Crippen LogP contribution in [0.2, 0.25) is 0 Å². The van der Waals surface area contributed by atoms with Crippen LogP contribution in [0.1, 0.15) is 30.9 Å². The van der Waals surface area contributed by atoms with Gasteiger partial charge in [0.25, 0.3) is 0 Å². The smallest absolute Gasteiger partial charge is 0.233 e. The third-order valence-electron chi connectivity index (χ3n) is 7.51. The largest absolute Gasteiger partial charge is 0.373 e. The lowest BCUT2D eigenvalue weighted by molar-refractivity contribution is -0.140. The van der Waals surface area contributed by atoms with E-state index >= 15 is 0 Å². The van der Waals surface area contributed by atoms with Crippen LogP contribution in [0.3, 0.4) is 0 Å². The molecule has 170 valence electrons. The maximum atomic E-state index is 12.8. The van der Waals surface area contributed by atoms with Gasteiger partial charge < -0.3 is 15.4 Å². The number of hydrogen-bond acceptors (Lipinski definition) is 4. The van der Waals surface area contributed by atoms with Crippen LogP contribution in [-0.2, 0) is 14.3 Å². The molecule has 2 aliphatic carbocycles. The quantitative estimate of drug-likeness (QED) is 0.225. The van der Waals surface area contributed by atoms with Gasteiger partial charge in [-0.2, -0.15) is 0 Å². The van der Waals surface area contributed by atoms with Crippen LogP contribution in [-0.4, -0.2) is 56.0 Å². The van der Waals surface area contributed by atoms with Gasteiger partial charge in [-0.25, -0.2) is 0 Å². The number of benzene rings is 1. The monoisotopic (exact) mass is 436 g/mol. The van der Waals surface area contributed by atoms with E-state index in [1.54, 1.807) is 7.05 Å². The summed E-state index contributed by atoms with van der Waals surface area (Å²) in [5, 5.41) is 6.73. The first-order valence-corrected chi connectivity index (χ1v) is 11.8. The lowest BCUT2D eigenvalue weighted by atomic mass is 9.85. The summed E-state index contributed by atoms with van der Waals surface area (Å²) in [5.74, 6) is 1.53. The van der Waals surface area contributed by atoms with Crippen molar-refractivity contribution < 1.29 is 14.3 Å². The van der Waals surface area contributed by atoms with Gasteiger partial charge in [0.15, 0.2) is 5.96 Å². The van der Waals surface area contributed by atoms with Crippen molar-refractivity contribution >= 4 is 17.8 Å². The number of likely N-dealkylation sites (tertiary alicyclic amines) is 1. The number of allylic oxidation sites excluding steroid dienone is 2. The summed E-state index contributed by atoms with van der Waals surface area (Å²) in [7, 11) is 1.76. The van der Waals surface area contributed by atoms with E-state index in [1.807, 2.05) is 18.2 Å². The fraction of sp³-hybridized carbons (Fsp3) is 0.560. The third-order valence-corrected chi connectivity index (χ3v) is 7.51. The first-order valence-electron chi connectivity index (χ1n) is 11.8. The van der Waals surface area contributed by atoms with Crippen LogP contribution in [0.4, 0.5) is 0 Å². The van der Waals surface area contributed by atoms with Crippen molar-refractivity contribution in [2.75, 3.05) is 33.3 Å². The van der Waals surface area contributed by atoms with Crippen LogP contribution < -0.4 is 10.6 Å². The van der Waals surface area contributed by atoms with E-state index < -0.39 is 0 Å². The lowest BCUT2D eigenvalue weighted by Gasteiger charge is -2.21. The Kier molecular flexibility index (Phi) is 6.00. The highest BCUT2D eigenvalue weighted by atomic mass is 16.5. The molecule has 0 spiro atoms. The molecule has 2 amide bonds. The van der Waals surface area contributed by atoms with Crippen molar-refractivity contribution in [3.8, 4) is 0 Å². The summed E-state index contributed by atoms with van der Waals surface area (Å²) < 4.78 is 5.97. The number of aliphatic imine (C=N–C) groups is 1. The highest BCUT2D eigenvalue weighted by Crippen LogP contribution is 2.52. The minimum atomic E-state index is -0.105. The van der Waals surface area contributed by atoms with Crippen LogP contribution >= 0.6 is 0 Å². The molecule has 2 saturated heterocycles. The minimum Gasteiger partial charge on any atom is -0.373 e. The Morgan fingerprint density at radius 2 is 1.81 bits per heavy atom. The van der Waals surface area contributed by atoms with Gasteiger partial charge in [-0.3, -0.25) is 19.5 Å². The Bertz CT molecular complexity index is 885. The molecule has 6 atom stereocenters. The van der Waals surface area contributed by atoms with Gasteiger partial charge in [-0.15, -0.1) is 0 Å². The molecular formula is C25H32N4O3. The molecule has 0 aromatic heterocycles. The molecule has 2 heterocycles. The predicted octanol–water partition coefficient (Wildman–Crippen LogP) is 2.13. The first kappa shape index (κ1) is 21.2. The van der Waals surface area contributed by atoms with E-state index in [0.717, 1.165) is 32.0 Å². The molecule has 0 radical (unpaired) electrons. The van der Waals surface area contributed by atoms with Crippen LogP contribution in [0, 0.1) is 29.6 Å².